The number of halogens is 1. The molecule has 3 rings (SSSR count). The van der Waals surface area contributed by atoms with Gasteiger partial charge in [-0.1, -0.05) is 0 Å². The van der Waals surface area contributed by atoms with Gasteiger partial charge in [0.25, 0.3) is 0 Å². The van der Waals surface area contributed by atoms with Crippen LogP contribution < -0.4 is 5.32 Å². The number of hydrogen-bond donors (Lipinski definition) is 1. The fraction of sp³-hybridized carbons (Fsp3) is 0.429. The number of anilines is 1. The Morgan fingerprint density at radius 1 is 1.37 bits per heavy atom. The van der Waals surface area contributed by atoms with Gasteiger partial charge in [-0.2, -0.15) is 5.26 Å². The molecule has 1 aliphatic carbocycles. The largest absolute Gasteiger partial charge is 0.457 e. The Bertz CT molecular complexity index is 586. The molecule has 0 atom stereocenters. The van der Waals surface area contributed by atoms with Crippen LogP contribution in [-0.2, 0) is 11.3 Å². The Morgan fingerprint density at radius 2 is 2.11 bits per heavy atom. The van der Waals surface area contributed by atoms with Gasteiger partial charge in [0, 0.05) is 11.3 Å². The maximum Gasteiger partial charge on any atom is 0.341 e. The maximum absolute atomic E-state index is 13.9. The summed E-state index contributed by atoms with van der Waals surface area (Å²) in [6.45, 7) is 0.0974. The SMILES string of the molecule is N#CC1(Nc2cc(F)c3c(c2)COC3=O)CCCC1. The number of hydrogen-bond acceptors (Lipinski definition) is 4. The number of rotatable bonds is 2. The standard InChI is InChI=1S/C14H13FN2O2/c15-11-6-10(5-9-7-19-13(18)12(9)11)17-14(8-16)3-1-2-4-14/h5-6,17H,1-4,7H2. The molecule has 1 aromatic rings. The van der Waals surface area contributed by atoms with E-state index < -0.39 is 17.3 Å². The molecule has 1 aliphatic heterocycles. The van der Waals surface area contributed by atoms with Gasteiger partial charge in [0.15, 0.2) is 0 Å². The Hall–Kier alpha value is -2.09. The predicted molar refractivity (Wildman–Crippen MR) is 66.0 cm³/mol. The van der Waals surface area contributed by atoms with Crippen molar-refractivity contribution in [3.05, 3.63) is 29.1 Å². The van der Waals surface area contributed by atoms with Crippen LogP contribution in [0, 0.1) is 17.1 Å². The van der Waals surface area contributed by atoms with Crippen LogP contribution >= 0.6 is 0 Å². The van der Waals surface area contributed by atoms with E-state index in [1.165, 1.54) is 6.07 Å². The number of cyclic esters (lactones) is 1. The lowest BCUT2D eigenvalue weighted by molar-refractivity contribution is 0.0532. The van der Waals surface area contributed by atoms with Crippen LogP contribution in [0.1, 0.15) is 41.6 Å². The van der Waals surface area contributed by atoms with E-state index in [0.29, 0.717) is 11.3 Å². The Labute approximate surface area is 110 Å². The fourth-order valence-electron chi connectivity index (χ4n) is 2.81. The van der Waals surface area contributed by atoms with E-state index >= 15 is 0 Å². The van der Waals surface area contributed by atoms with Gasteiger partial charge in [-0.25, -0.2) is 9.18 Å². The van der Waals surface area contributed by atoms with Gasteiger partial charge in [0.1, 0.15) is 23.5 Å². The number of carbonyl (C=O) groups is 1. The van der Waals surface area contributed by atoms with Gasteiger partial charge in [0.2, 0.25) is 0 Å². The Kier molecular flexibility index (Phi) is 2.67. The molecule has 98 valence electrons. The first-order chi connectivity index (χ1) is 9.13. The van der Waals surface area contributed by atoms with Crippen molar-refractivity contribution in [1.82, 2.24) is 0 Å². The molecule has 5 heteroatoms. The van der Waals surface area contributed by atoms with Crippen molar-refractivity contribution in [1.29, 1.82) is 5.26 Å². The molecule has 1 fully saturated rings. The van der Waals surface area contributed by atoms with Crippen LogP contribution in [0.4, 0.5) is 10.1 Å². The number of ether oxygens (including phenoxy) is 1. The van der Waals surface area contributed by atoms with Crippen LogP contribution in [0.2, 0.25) is 0 Å². The zero-order valence-electron chi connectivity index (χ0n) is 10.3. The molecule has 0 amide bonds. The fourth-order valence-corrected chi connectivity index (χ4v) is 2.81. The molecule has 1 N–H and O–H groups in total. The van der Waals surface area contributed by atoms with Crippen LogP contribution in [0.15, 0.2) is 12.1 Å². The minimum atomic E-state index is -0.616. The molecule has 0 unspecified atom stereocenters. The maximum atomic E-state index is 13.9. The summed E-state index contributed by atoms with van der Waals surface area (Å²) in [5.41, 5.74) is 0.490. The summed E-state index contributed by atoms with van der Waals surface area (Å²) >= 11 is 0. The van der Waals surface area contributed by atoms with Crippen LogP contribution in [0.5, 0.6) is 0 Å². The Morgan fingerprint density at radius 3 is 2.79 bits per heavy atom. The second-order valence-electron chi connectivity index (χ2n) is 5.09. The summed E-state index contributed by atoms with van der Waals surface area (Å²) in [7, 11) is 0. The lowest BCUT2D eigenvalue weighted by Crippen LogP contribution is -2.33. The molecule has 0 spiro atoms. The van der Waals surface area contributed by atoms with E-state index in [0.717, 1.165) is 25.7 Å². The van der Waals surface area contributed by atoms with Crippen molar-refractivity contribution in [3.8, 4) is 6.07 Å². The molecule has 0 radical (unpaired) electrons. The van der Waals surface area contributed by atoms with Gasteiger partial charge in [-0.3, -0.25) is 0 Å². The highest BCUT2D eigenvalue weighted by Gasteiger charge is 2.34. The average Bonchev–Trinajstić information content (AvgIpc) is 2.98. The minimum Gasteiger partial charge on any atom is -0.457 e. The summed E-state index contributed by atoms with van der Waals surface area (Å²) < 4.78 is 18.7. The van der Waals surface area contributed by atoms with Crippen LogP contribution in [0.3, 0.4) is 0 Å². The lowest BCUT2D eigenvalue weighted by atomic mass is 9.98. The predicted octanol–water partition coefficient (Wildman–Crippen LogP) is 2.74. The first-order valence-electron chi connectivity index (χ1n) is 6.32. The van der Waals surface area contributed by atoms with Crippen molar-refractivity contribution >= 4 is 11.7 Å². The van der Waals surface area contributed by atoms with Gasteiger partial charge in [0.05, 0.1) is 6.07 Å². The summed E-state index contributed by atoms with van der Waals surface area (Å²) in [5.74, 6) is -1.21. The normalized spacial score (nSPS) is 19.7. The smallest absolute Gasteiger partial charge is 0.341 e. The van der Waals surface area contributed by atoms with E-state index in [2.05, 4.69) is 11.4 Å². The molecule has 1 aromatic carbocycles. The second-order valence-corrected chi connectivity index (χ2v) is 5.09. The van der Waals surface area contributed by atoms with Gasteiger partial charge < -0.3 is 10.1 Å². The number of nitrogens with one attached hydrogen (secondary N) is 1. The number of nitriles is 1. The van der Waals surface area contributed by atoms with E-state index in [4.69, 9.17) is 4.74 Å². The number of benzene rings is 1. The molecular formula is C14H13FN2O2. The molecule has 0 bridgehead atoms. The first-order valence-corrected chi connectivity index (χ1v) is 6.32. The first kappa shape index (κ1) is 12.0. The highest BCUT2D eigenvalue weighted by atomic mass is 19.1. The van der Waals surface area contributed by atoms with Crippen molar-refractivity contribution in [2.75, 3.05) is 5.32 Å². The van der Waals surface area contributed by atoms with Gasteiger partial charge in [-0.15, -0.1) is 0 Å². The quantitative estimate of drug-likeness (QED) is 0.830. The third-order valence-corrected chi connectivity index (χ3v) is 3.79. The zero-order chi connectivity index (χ0) is 13.5. The van der Waals surface area contributed by atoms with E-state index in [1.807, 2.05) is 0 Å². The molecular weight excluding hydrogens is 247 g/mol. The van der Waals surface area contributed by atoms with E-state index in [1.54, 1.807) is 6.07 Å². The molecule has 0 saturated heterocycles. The van der Waals surface area contributed by atoms with Crippen LogP contribution in [0.25, 0.3) is 0 Å². The number of fused-ring (bicyclic) bond motifs is 1. The number of carbonyl (C=O) groups excluding carboxylic acids is 1. The average molecular weight is 260 g/mol. The molecule has 2 aliphatic rings. The highest BCUT2D eigenvalue weighted by molar-refractivity contribution is 5.94. The topological polar surface area (TPSA) is 62.1 Å². The second kappa shape index (κ2) is 4.23. The van der Waals surface area contributed by atoms with Crippen LogP contribution in [-0.4, -0.2) is 11.5 Å². The van der Waals surface area contributed by atoms with Crippen molar-refractivity contribution in [3.63, 3.8) is 0 Å². The van der Waals surface area contributed by atoms with Crippen molar-refractivity contribution in [2.45, 2.75) is 37.8 Å². The summed E-state index contributed by atoms with van der Waals surface area (Å²) in [6, 6.07) is 5.25. The van der Waals surface area contributed by atoms with E-state index in [-0.39, 0.29) is 12.2 Å². The molecule has 4 nitrogen and oxygen atoms in total. The monoisotopic (exact) mass is 260 g/mol. The minimum absolute atomic E-state index is 0.0166. The summed E-state index contributed by atoms with van der Waals surface area (Å²) in [6.07, 6.45) is 3.51. The van der Waals surface area contributed by atoms with Gasteiger partial charge in [-0.05, 0) is 37.8 Å². The highest BCUT2D eigenvalue weighted by Crippen LogP contribution is 2.34. The van der Waals surface area contributed by atoms with Crippen molar-refractivity contribution in [2.24, 2.45) is 0 Å². The summed E-state index contributed by atoms with van der Waals surface area (Å²) in [4.78, 5) is 11.3. The number of nitrogens with zero attached hydrogens (tertiary/aromatic N) is 1. The summed E-state index contributed by atoms with van der Waals surface area (Å²) in [5, 5.41) is 12.4. The molecule has 19 heavy (non-hydrogen) atoms. The van der Waals surface area contributed by atoms with Gasteiger partial charge >= 0.3 is 5.97 Å². The van der Waals surface area contributed by atoms with E-state index in [9.17, 15) is 14.4 Å². The Balaban J connectivity index is 1.93. The molecule has 0 aromatic heterocycles. The zero-order valence-corrected chi connectivity index (χ0v) is 10.3. The molecule has 1 heterocycles. The molecule has 1 saturated carbocycles. The third-order valence-electron chi connectivity index (χ3n) is 3.79. The lowest BCUT2D eigenvalue weighted by Gasteiger charge is -2.23. The number of esters is 1. The third kappa shape index (κ3) is 1.93. The van der Waals surface area contributed by atoms with Crippen molar-refractivity contribution < 1.29 is 13.9 Å².